The van der Waals surface area contributed by atoms with E-state index < -0.39 is 0 Å². The molecule has 19 heavy (non-hydrogen) atoms. The topological polar surface area (TPSA) is 37.3 Å². The van der Waals surface area contributed by atoms with Crippen molar-refractivity contribution in [2.45, 2.75) is 12.3 Å². The Hall–Kier alpha value is -2.16. The van der Waals surface area contributed by atoms with Gasteiger partial charge >= 0.3 is 0 Å². The molecule has 2 heterocycles. The van der Waals surface area contributed by atoms with Crippen molar-refractivity contribution in [3.8, 4) is 0 Å². The molecule has 1 aromatic carbocycles. The number of hydrogen-bond donors (Lipinski definition) is 1. The first-order valence-electron chi connectivity index (χ1n) is 6.57. The van der Waals surface area contributed by atoms with Crippen LogP contribution in [0.15, 0.2) is 59.7 Å². The molecule has 0 aliphatic carbocycles. The minimum absolute atomic E-state index is 0.307. The summed E-state index contributed by atoms with van der Waals surface area (Å²) in [6.45, 7) is 3.93. The molecule has 0 fully saturated rings. The summed E-state index contributed by atoms with van der Waals surface area (Å²) in [5, 5.41) is 3.40. The molecular weight excluding hydrogens is 234 g/mol. The van der Waals surface area contributed by atoms with Crippen LogP contribution in [-0.4, -0.2) is 23.9 Å². The van der Waals surface area contributed by atoms with Crippen LogP contribution in [0.3, 0.4) is 0 Å². The van der Waals surface area contributed by atoms with Crippen LogP contribution in [-0.2, 0) is 5.41 Å². The lowest BCUT2D eigenvalue weighted by Gasteiger charge is -2.30. The van der Waals surface area contributed by atoms with Crippen molar-refractivity contribution in [1.82, 2.24) is 10.3 Å². The number of amidine groups is 1. The van der Waals surface area contributed by atoms with Gasteiger partial charge in [0.1, 0.15) is 5.84 Å². The Morgan fingerprint density at radius 1 is 1.05 bits per heavy atom. The van der Waals surface area contributed by atoms with Crippen LogP contribution >= 0.6 is 0 Å². The quantitative estimate of drug-likeness (QED) is 0.909. The second-order valence-electron chi connectivity index (χ2n) is 4.86. The van der Waals surface area contributed by atoms with Crippen molar-refractivity contribution >= 4 is 5.84 Å². The molecule has 3 rings (SSSR count). The Balaban J connectivity index is 2.16. The van der Waals surface area contributed by atoms with Crippen molar-refractivity contribution in [3.63, 3.8) is 0 Å². The average Bonchev–Trinajstić information content (AvgIpc) is 3.03. The molecule has 0 amide bonds. The zero-order chi connectivity index (χ0) is 13.1. The minimum Gasteiger partial charge on any atom is -0.371 e. The van der Waals surface area contributed by atoms with Crippen molar-refractivity contribution < 1.29 is 0 Å². The molecular formula is C16H17N3. The summed E-state index contributed by atoms with van der Waals surface area (Å²) in [7, 11) is 0. The van der Waals surface area contributed by atoms with E-state index in [0.29, 0.717) is 0 Å². The van der Waals surface area contributed by atoms with E-state index in [4.69, 9.17) is 0 Å². The maximum absolute atomic E-state index is 4.63. The molecule has 3 heteroatoms. The van der Waals surface area contributed by atoms with Gasteiger partial charge in [-0.1, -0.05) is 36.4 Å². The van der Waals surface area contributed by atoms with Crippen LogP contribution in [0.5, 0.6) is 0 Å². The van der Waals surface area contributed by atoms with Crippen molar-refractivity contribution in [3.05, 3.63) is 66.0 Å². The van der Waals surface area contributed by atoms with Gasteiger partial charge in [-0.2, -0.15) is 0 Å². The first-order valence-corrected chi connectivity index (χ1v) is 6.57. The molecule has 1 unspecified atom stereocenters. The zero-order valence-electron chi connectivity index (χ0n) is 11.0. The highest BCUT2D eigenvalue weighted by Gasteiger charge is 2.37. The van der Waals surface area contributed by atoms with E-state index in [9.17, 15) is 0 Å². The Labute approximate surface area is 113 Å². The lowest BCUT2D eigenvalue weighted by Crippen LogP contribution is -2.41. The molecule has 0 saturated carbocycles. The summed E-state index contributed by atoms with van der Waals surface area (Å²) < 4.78 is 0. The highest BCUT2D eigenvalue weighted by atomic mass is 15.1. The maximum Gasteiger partial charge on any atom is 0.113 e. The molecule has 0 spiro atoms. The minimum atomic E-state index is -0.307. The van der Waals surface area contributed by atoms with Gasteiger partial charge in [0.05, 0.1) is 17.7 Å². The fourth-order valence-corrected chi connectivity index (χ4v) is 2.57. The van der Waals surface area contributed by atoms with Crippen molar-refractivity contribution in [2.24, 2.45) is 4.99 Å². The fraction of sp³-hybridized carbons (Fsp3) is 0.250. The second-order valence-corrected chi connectivity index (χ2v) is 4.86. The molecule has 96 valence electrons. The lowest BCUT2D eigenvalue weighted by molar-refractivity contribution is 0.715. The fourth-order valence-electron chi connectivity index (χ4n) is 2.57. The first kappa shape index (κ1) is 11.9. The van der Waals surface area contributed by atoms with Gasteiger partial charge in [-0.25, -0.2) is 0 Å². The molecule has 3 nitrogen and oxygen atoms in total. The predicted octanol–water partition coefficient (Wildman–Crippen LogP) is 2.39. The van der Waals surface area contributed by atoms with Gasteiger partial charge < -0.3 is 5.32 Å². The monoisotopic (exact) mass is 251 g/mol. The Morgan fingerprint density at radius 3 is 2.47 bits per heavy atom. The summed E-state index contributed by atoms with van der Waals surface area (Å²) in [6.07, 6.45) is 1.84. The third-order valence-electron chi connectivity index (χ3n) is 3.68. The van der Waals surface area contributed by atoms with Gasteiger partial charge in [-0.3, -0.25) is 9.98 Å². The van der Waals surface area contributed by atoms with E-state index >= 15 is 0 Å². The maximum atomic E-state index is 4.63. The zero-order valence-corrected chi connectivity index (χ0v) is 11.0. The van der Waals surface area contributed by atoms with Crippen LogP contribution in [0.25, 0.3) is 0 Å². The van der Waals surface area contributed by atoms with Crippen molar-refractivity contribution in [2.75, 3.05) is 13.1 Å². The highest BCUT2D eigenvalue weighted by molar-refractivity contribution is 5.96. The van der Waals surface area contributed by atoms with E-state index in [2.05, 4.69) is 52.5 Å². The van der Waals surface area contributed by atoms with E-state index in [-0.39, 0.29) is 5.41 Å². The number of aliphatic imine (C=N–C) groups is 1. The van der Waals surface area contributed by atoms with Crippen LogP contribution in [0.1, 0.15) is 18.2 Å². The van der Waals surface area contributed by atoms with Gasteiger partial charge in [-0.05, 0) is 24.6 Å². The smallest absolute Gasteiger partial charge is 0.113 e. The Bertz CT molecular complexity index is 536. The van der Waals surface area contributed by atoms with Crippen LogP contribution in [0.2, 0.25) is 0 Å². The van der Waals surface area contributed by atoms with Gasteiger partial charge in [0.25, 0.3) is 0 Å². The SMILES string of the molecule is CC(C1=NCCN1)(c1ccccc1)c1ccccn1. The van der Waals surface area contributed by atoms with Gasteiger partial charge in [0.15, 0.2) is 0 Å². The molecule has 0 bridgehead atoms. The average molecular weight is 251 g/mol. The summed E-state index contributed by atoms with van der Waals surface area (Å²) in [5.41, 5.74) is 1.93. The predicted molar refractivity (Wildman–Crippen MR) is 77.4 cm³/mol. The largest absolute Gasteiger partial charge is 0.371 e. The first-order chi connectivity index (χ1) is 9.32. The van der Waals surface area contributed by atoms with E-state index in [1.165, 1.54) is 5.56 Å². The summed E-state index contributed by atoms with van der Waals surface area (Å²) >= 11 is 0. The van der Waals surface area contributed by atoms with Crippen LogP contribution < -0.4 is 5.32 Å². The Morgan fingerprint density at radius 2 is 1.84 bits per heavy atom. The number of hydrogen-bond acceptors (Lipinski definition) is 3. The van der Waals surface area contributed by atoms with E-state index in [1.54, 1.807) is 0 Å². The normalized spacial score (nSPS) is 17.4. The van der Waals surface area contributed by atoms with E-state index in [0.717, 1.165) is 24.6 Å². The number of pyridine rings is 1. The van der Waals surface area contributed by atoms with Gasteiger partial charge in [-0.15, -0.1) is 0 Å². The molecule has 2 aromatic rings. The molecule has 1 aromatic heterocycles. The second kappa shape index (κ2) is 4.84. The standard InChI is InChI=1S/C16H17N3/c1-16(15-18-11-12-19-15,13-7-3-2-4-8-13)14-9-5-6-10-17-14/h2-10H,11-12H2,1H3,(H,18,19). The number of rotatable bonds is 3. The lowest BCUT2D eigenvalue weighted by atomic mass is 9.78. The highest BCUT2D eigenvalue weighted by Crippen LogP contribution is 2.32. The van der Waals surface area contributed by atoms with Crippen LogP contribution in [0, 0.1) is 0 Å². The van der Waals surface area contributed by atoms with Crippen molar-refractivity contribution in [1.29, 1.82) is 0 Å². The molecule has 0 saturated heterocycles. The third kappa shape index (κ3) is 2.01. The molecule has 1 aliphatic heterocycles. The number of nitrogens with zero attached hydrogens (tertiary/aromatic N) is 2. The number of nitrogens with one attached hydrogen (secondary N) is 1. The molecule has 1 N–H and O–H groups in total. The summed E-state index contributed by atoms with van der Waals surface area (Å²) in [5.74, 6) is 1.01. The Kier molecular flexibility index (Phi) is 3.03. The van der Waals surface area contributed by atoms with E-state index in [1.807, 2.05) is 24.4 Å². The van der Waals surface area contributed by atoms with Gasteiger partial charge in [0, 0.05) is 12.7 Å². The summed E-state index contributed by atoms with van der Waals surface area (Å²) in [6, 6.07) is 16.5. The summed E-state index contributed by atoms with van der Waals surface area (Å²) in [4.78, 5) is 9.18. The number of benzene rings is 1. The number of aromatic nitrogens is 1. The van der Waals surface area contributed by atoms with Gasteiger partial charge in [0.2, 0.25) is 0 Å². The molecule has 0 radical (unpaired) electrons. The third-order valence-corrected chi connectivity index (χ3v) is 3.68. The molecule has 1 aliphatic rings. The molecule has 1 atom stereocenters. The van der Waals surface area contributed by atoms with Crippen LogP contribution in [0.4, 0.5) is 0 Å².